The molecule has 2 heterocycles. The molecule has 0 aliphatic carbocycles. The highest BCUT2D eigenvalue weighted by Crippen LogP contribution is 2.49. The van der Waals surface area contributed by atoms with Crippen molar-refractivity contribution in [1.82, 2.24) is 0 Å². The summed E-state index contributed by atoms with van der Waals surface area (Å²) in [6.07, 6.45) is -0.971. The summed E-state index contributed by atoms with van der Waals surface area (Å²) in [4.78, 5) is 33.9. The van der Waals surface area contributed by atoms with Crippen molar-refractivity contribution in [3.63, 3.8) is 0 Å². The van der Waals surface area contributed by atoms with E-state index < -0.39 is 24.0 Å². The van der Waals surface area contributed by atoms with Crippen LogP contribution in [0.1, 0.15) is 11.6 Å². The van der Waals surface area contributed by atoms with Crippen LogP contribution in [-0.4, -0.2) is 23.0 Å². The molecule has 2 amide bonds. The van der Waals surface area contributed by atoms with Crippen molar-refractivity contribution in [2.45, 2.75) is 12.1 Å². The largest absolute Gasteiger partial charge is 0.508 e. The van der Waals surface area contributed by atoms with Crippen LogP contribution in [0.25, 0.3) is 0 Å². The summed E-state index contributed by atoms with van der Waals surface area (Å²) < 4.78 is 0.753. The fraction of sp³-hybridized carbons (Fsp3) is 0.130. The molecule has 150 valence electrons. The highest BCUT2D eigenvalue weighted by Gasteiger charge is 2.60. The maximum atomic E-state index is 13.5. The van der Waals surface area contributed by atoms with E-state index in [9.17, 15) is 14.7 Å². The molecule has 0 radical (unpaired) electrons. The van der Waals surface area contributed by atoms with Gasteiger partial charge in [0.25, 0.3) is 5.91 Å². The second kappa shape index (κ2) is 7.27. The summed E-state index contributed by atoms with van der Waals surface area (Å²) in [5.74, 6) is -1.52. The molecular weight excluding hydrogens is 448 g/mol. The lowest BCUT2D eigenvalue weighted by Gasteiger charge is -2.29. The average molecular weight is 465 g/mol. The van der Waals surface area contributed by atoms with Gasteiger partial charge in [0.15, 0.2) is 6.10 Å². The average Bonchev–Trinajstić information content (AvgIpc) is 3.27. The number of nitrogens with zero attached hydrogens (tertiary/aromatic N) is 2. The van der Waals surface area contributed by atoms with E-state index in [4.69, 9.17) is 4.84 Å². The molecule has 7 heteroatoms. The number of anilines is 2. The quantitative estimate of drug-likeness (QED) is 0.588. The fourth-order valence-electron chi connectivity index (χ4n) is 4.12. The zero-order valence-corrected chi connectivity index (χ0v) is 17.3. The number of fused-ring (bicyclic) bond motifs is 1. The molecule has 1 N–H and O–H groups in total. The van der Waals surface area contributed by atoms with Crippen LogP contribution in [0, 0.1) is 5.92 Å². The Kier molecular flexibility index (Phi) is 4.56. The van der Waals surface area contributed by atoms with E-state index in [1.807, 2.05) is 36.4 Å². The lowest BCUT2D eigenvalue weighted by molar-refractivity contribution is -0.126. The van der Waals surface area contributed by atoms with Gasteiger partial charge in [-0.1, -0.05) is 52.3 Å². The number of halogens is 1. The van der Waals surface area contributed by atoms with E-state index >= 15 is 0 Å². The first-order valence-electron chi connectivity index (χ1n) is 9.48. The standard InChI is InChI=1S/C23H17BrN2O4/c24-14-11-12-18(27)17(13-14)20-19-21(30-26(20)16-9-5-2-6-10-16)23(29)25(22(19)28)15-7-3-1-4-8-15/h1-13,19-21,27H/t19-,20-,21+/m0/s1. The predicted molar refractivity (Wildman–Crippen MR) is 115 cm³/mol. The van der Waals surface area contributed by atoms with Crippen molar-refractivity contribution >= 4 is 39.1 Å². The molecule has 0 aromatic heterocycles. The van der Waals surface area contributed by atoms with Gasteiger partial charge in [0.05, 0.1) is 17.4 Å². The van der Waals surface area contributed by atoms with Crippen LogP contribution >= 0.6 is 15.9 Å². The lowest BCUT2D eigenvalue weighted by Crippen LogP contribution is -2.37. The molecule has 5 rings (SSSR count). The third kappa shape index (κ3) is 2.89. The number of hydroxylamine groups is 1. The molecule has 0 spiro atoms. The van der Waals surface area contributed by atoms with Gasteiger partial charge in [0, 0.05) is 10.0 Å². The van der Waals surface area contributed by atoms with Crippen molar-refractivity contribution in [2.75, 3.05) is 9.96 Å². The van der Waals surface area contributed by atoms with Gasteiger partial charge in [-0.2, -0.15) is 0 Å². The monoisotopic (exact) mass is 464 g/mol. The summed E-state index contributed by atoms with van der Waals surface area (Å²) in [6.45, 7) is 0. The van der Waals surface area contributed by atoms with Gasteiger partial charge in [-0.25, -0.2) is 9.96 Å². The number of benzene rings is 3. The van der Waals surface area contributed by atoms with E-state index in [0.717, 1.165) is 4.47 Å². The Morgan fingerprint density at radius 2 is 1.47 bits per heavy atom. The Bertz CT molecular complexity index is 1120. The van der Waals surface area contributed by atoms with E-state index in [1.165, 1.54) is 4.90 Å². The molecule has 3 aromatic rings. The topological polar surface area (TPSA) is 70.1 Å². The van der Waals surface area contributed by atoms with Crippen LogP contribution in [0.4, 0.5) is 11.4 Å². The minimum atomic E-state index is -0.971. The van der Waals surface area contributed by atoms with Crippen LogP contribution in [0.5, 0.6) is 5.75 Å². The van der Waals surface area contributed by atoms with Gasteiger partial charge in [-0.15, -0.1) is 0 Å². The number of aromatic hydroxyl groups is 1. The summed E-state index contributed by atoms with van der Waals surface area (Å²) in [5, 5.41) is 12.2. The number of hydrogen-bond acceptors (Lipinski definition) is 5. The van der Waals surface area contributed by atoms with Crippen molar-refractivity contribution in [1.29, 1.82) is 0 Å². The Morgan fingerprint density at radius 1 is 0.833 bits per heavy atom. The number of para-hydroxylation sites is 2. The lowest BCUT2D eigenvalue weighted by atomic mass is 9.90. The van der Waals surface area contributed by atoms with Gasteiger partial charge in [0.1, 0.15) is 11.7 Å². The van der Waals surface area contributed by atoms with Crippen molar-refractivity contribution in [2.24, 2.45) is 5.92 Å². The molecule has 2 aliphatic heterocycles. The van der Waals surface area contributed by atoms with E-state index in [1.54, 1.807) is 47.5 Å². The Hall–Kier alpha value is -3.16. The summed E-state index contributed by atoms with van der Waals surface area (Å²) in [7, 11) is 0. The molecule has 0 saturated carbocycles. The molecule has 0 unspecified atom stereocenters. The van der Waals surface area contributed by atoms with Crippen LogP contribution in [0.15, 0.2) is 83.3 Å². The van der Waals surface area contributed by atoms with Crippen LogP contribution in [-0.2, 0) is 14.4 Å². The third-order valence-electron chi connectivity index (χ3n) is 5.45. The van der Waals surface area contributed by atoms with Crippen LogP contribution in [0.2, 0.25) is 0 Å². The van der Waals surface area contributed by atoms with Crippen molar-refractivity contribution < 1.29 is 19.5 Å². The number of carbonyl (C=O) groups is 2. The Morgan fingerprint density at radius 3 is 2.13 bits per heavy atom. The molecule has 2 fully saturated rings. The van der Waals surface area contributed by atoms with Gasteiger partial charge >= 0.3 is 0 Å². The number of phenols is 1. The molecular formula is C23H17BrN2O4. The first-order valence-corrected chi connectivity index (χ1v) is 10.3. The van der Waals surface area contributed by atoms with Crippen LogP contribution < -0.4 is 9.96 Å². The summed E-state index contributed by atoms with van der Waals surface area (Å²) in [5.41, 5.74) is 1.72. The molecule has 6 nitrogen and oxygen atoms in total. The SMILES string of the molecule is O=C1[C@@H]2[C@@H](ON(c3ccccc3)[C@H]2c2cc(Br)ccc2O)C(=O)N1c1ccccc1. The fourth-order valence-corrected chi connectivity index (χ4v) is 4.50. The number of phenolic OH excluding ortho intramolecular Hbond substituents is 1. The summed E-state index contributed by atoms with van der Waals surface area (Å²) in [6, 6.07) is 22.4. The van der Waals surface area contributed by atoms with Gasteiger partial charge in [-0.3, -0.25) is 14.4 Å². The van der Waals surface area contributed by atoms with E-state index in [2.05, 4.69) is 15.9 Å². The minimum absolute atomic E-state index is 0.0341. The second-order valence-corrected chi connectivity index (χ2v) is 8.12. The van der Waals surface area contributed by atoms with Gasteiger partial charge in [-0.05, 0) is 42.5 Å². The molecule has 2 aliphatic rings. The predicted octanol–water partition coefficient (Wildman–Crippen LogP) is 4.21. The Labute approximate surface area is 181 Å². The number of carbonyl (C=O) groups excluding carboxylic acids is 2. The maximum absolute atomic E-state index is 13.5. The first kappa shape index (κ1) is 18.8. The zero-order valence-electron chi connectivity index (χ0n) is 15.7. The minimum Gasteiger partial charge on any atom is -0.508 e. The summed E-state index contributed by atoms with van der Waals surface area (Å²) >= 11 is 3.44. The second-order valence-electron chi connectivity index (χ2n) is 7.21. The maximum Gasteiger partial charge on any atom is 0.266 e. The molecule has 3 atom stereocenters. The number of rotatable bonds is 3. The third-order valence-corrected chi connectivity index (χ3v) is 5.94. The molecule has 30 heavy (non-hydrogen) atoms. The van der Waals surface area contributed by atoms with Gasteiger partial charge < -0.3 is 5.11 Å². The molecule has 0 bridgehead atoms. The Balaban J connectivity index is 1.63. The van der Waals surface area contributed by atoms with Gasteiger partial charge in [0.2, 0.25) is 5.91 Å². The molecule has 2 saturated heterocycles. The number of amides is 2. The van der Waals surface area contributed by atoms with Crippen LogP contribution in [0.3, 0.4) is 0 Å². The zero-order chi connectivity index (χ0) is 20.8. The highest BCUT2D eigenvalue weighted by atomic mass is 79.9. The van der Waals surface area contributed by atoms with E-state index in [-0.39, 0.29) is 11.7 Å². The van der Waals surface area contributed by atoms with E-state index in [0.29, 0.717) is 16.9 Å². The first-order chi connectivity index (χ1) is 14.6. The number of hydrogen-bond donors (Lipinski definition) is 1. The van der Waals surface area contributed by atoms with Crippen molar-refractivity contribution in [3.05, 3.63) is 88.9 Å². The molecule has 3 aromatic carbocycles. The highest BCUT2D eigenvalue weighted by molar-refractivity contribution is 9.10. The van der Waals surface area contributed by atoms with Crippen molar-refractivity contribution in [3.8, 4) is 5.75 Å². The smallest absolute Gasteiger partial charge is 0.266 e. The normalized spacial score (nSPS) is 23.2. The number of imide groups is 1.